The molecule has 0 radical (unpaired) electrons. The van der Waals surface area contributed by atoms with E-state index in [2.05, 4.69) is 24.8 Å². The zero-order chi connectivity index (χ0) is 22.3. The molecule has 174 valence electrons. The summed E-state index contributed by atoms with van der Waals surface area (Å²) in [4.78, 5) is 10.8. The molecule has 0 aromatic carbocycles. The van der Waals surface area contributed by atoms with E-state index in [9.17, 15) is 15.0 Å². The van der Waals surface area contributed by atoms with E-state index in [-0.39, 0.29) is 29.8 Å². The monoisotopic (exact) mass is 432 g/mol. The Balaban J connectivity index is 1.71. The third-order valence-electron chi connectivity index (χ3n) is 7.58. The first-order chi connectivity index (χ1) is 15.0. The fourth-order valence-corrected chi connectivity index (χ4v) is 5.66. The zero-order valence-electron chi connectivity index (χ0n) is 19.0. The molecule has 5 heteroatoms. The van der Waals surface area contributed by atoms with Gasteiger partial charge in [-0.2, -0.15) is 0 Å². The summed E-state index contributed by atoms with van der Waals surface area (Å²) in [7, 11) is 0. The van der Waals surface area contributed by atoms with E-state index in [0.29, 0.717) is 19.4 Å². The molecule has 0 bridgehead atoms. The minimum Gasteiger partial charge on any atom is -0.481 e. The second kappa shape index (κ2) is 11.5. The van der Waals surface area contributed by atoms with Crippen LogP contribution in [0.4, 0.5) is 0 Å². The first-order valence-electron chi connectivity index (χ1n) is 12.4. The number of aliphatic hydroxyl groups excluding tert-OH is 2. The lowest BCUT2D eigenvalue weighted by Gasteiger charge is -2.57. The number of carboxylic acids is 1. The van der Waals surface area contributed by atoms with Gasteiger partial charge in [0.25, 0.3) is 0 Å². The average Bonchev–Trinajstić information content (AvgIpc) is 2.76. The molecule has 3 aliphatic rings. The minimum absolute atomic E-state index is 0.143. The average molecular weight is 433 g/mol. The van der Waals surface area contributed by atoms with E-state index in [1.54, 1.807) is 0 Å². The number of allylic oxidation sites excluding steroid dienone is 1. The maximum atomic E-state index is 10.8. The number of aliphatic carboxylic acids is 1. The lowest BCUT2D eigenvalue weighted by atomic mass is 9.53. The Morgan fingerprint density at radius 2 is 2.03 bits per heavy atom. The van der Waals surface area contributed by atoms with Crippen LogP contribution in [0.3, 0.4) is 0 Å². The van der Waals surface area contributed by atoms with Crippen LogP contribution in [0.2, 0.25) is 0 Å². The summed E-state index contributed by atoms with van der Waals surface area (Å²) in [5.41, 5.74) is 0.887. The summed E-state index contributed by atoms with van der Waals surface area (Å²) in [6, 6.07) is 0. The number of ether oxygens (including phenoxy) is 1. The number of fused-ring (bicyclic) bond motifs is 1. The first kappa shape index (κ1) is 24.3. The molecule has 1 unspecified atom stereocenters. The highest BCUT2D eigenvalue weighted by molar-refractivity contribution is 5.66. The van der Waals surface area contributed by atoms with Gasteiger partial charge in [0.15, 0.2) is 0 Å². The molecule has 3 saturated carbocycles. The van der Waals surface area contributed by atoms with Crippen molar-refractivity contribution >= 4 is 5.97 Å². The first-order valence-corrected chi connectivity index (χ1v) is 12.4. The molecular formula is C26H40O5. The van der Waals surface area contributed by atoms with Gasteiger partial charge in [0.2, 0.25) is 0 Å². The maximum absolute atomic E-state index is 10.8. The SMILES string of the molecule is CCCCO[C@@]12CC[C@H](O)[C@@H](C#CC(O)C3CCCCC3)[C@@H]1CC2=CCCCC(=O)O. The Morgan fingerprint density at radius 1 is 1.26 bits per heavy atom. The summed E-state index contributed by atoms with van der Waals surface area (Å²) in [5.74, 6) is 5.86. The minimum atomic E-state index is -0.758. The van der Waals surface area contributed by atoms with Crippen molar-refractivity contribution in [2.24, 2.45) is 17.8 Å². The number of unbranched alkanes of at least 4 members (excludes halogenated alkanes) is 2. The third-order valence-corrected chi connectivity index (χ3v) is 7.58. The van der Waals surface area contributed by atoms with Crippen LogP contribution < -0.4 is 0 Å². The molecule has 31 heavy (non-hydrogen) atoms. The molecule has 0 heterocycles. The highest BCUT2D eigenvalue weighted by Gasteiger charge is 2.58. The largest absolute Gasteiger partial charge is 0.481 e. The second-order valence-electron chi connectivity index (χ2n) is 9.68. The van der Waals surface area contributed by atoms with Crippen molar-refractivity contribution in [3.63, 3.8) is 0 Å². The van der Waals surface area contributed by atoms with Gasteiger partial charge in [0, 0.05) is 18.9 Å². The third kappa shape index (κ3) is 5.92. The number of hydrogen-bond donors (Lipinski definition) is 3. The van der Waals surface area contributed by atoms with Gasteiger partial charge in [-0.3, -0.25) is 4.79 Å². The molecule has 0 aliphatic heterocycles. The van der Waals surface area contributed by atoms with Gasteiger partial charge in [0.1, 0.15) is 6.10 Å². The van der Waals surface area contributed by atoms with Gasteiger partial charge in [-0.15, -0.1) is 0 Å². The van der Waals surface area contributed by atoms with Crippen molar-refractivity contribution in [3.05, 3.63) is 11.6 Å². The molecule has 5 atom stereocenters. The fraction of sp³-hybridized carbons (Fsp3) is 0.808. The predicted molar refractivity (Wildman–Crippen MR) is 120 cm³/mol. The molecule has 0 aromatic rings. The van der Waals surface area contributed by atoms with Crippen LogP contribution in [-0.4, -0.2) is 45.7 Å². The number of hydrogen-bond acceptors (Lipinski definition) is 4. The molecule has 3 rings (SSSR count). The molecule has 3 fully saturated rings. The molecule has 3 aliphatic carbocycles. The van der Waals surface area contributed by atoms with Crippen LogP contribution in [-0.2, 0) is 9.53 Å². The standard InChI is InChI=1S/C26H40O5/c1-2-3-17-31-26-16-15-24(28)21(13-14-23(27)19-9-5-4-6-10-19)22(26)18-20(26)11-7-8-12-25(29)30/h11,19,21-24,27-28H,2-10,12,15-18H2,1H3,(H,29,30)/t21-,22-,23?,24-,26+/m0/s1. The summed E-state index contributed by atoms with van der Waals surface area (Å²) in [6.07, 6.45) is 12.7. The summed E-state index contributed by atoms with van der Waals surface area (Å²) in [5, 5.41) is 30.2. The molecule has 0 amide bonds. The number of rotatable bonds is 9. The van der Waals surface area contributed by atoms with E-state index in [1.165, 1.54) is 24.8 Å². The van der Waals surface area contributed by atoms with Crippen LogP contribution in [0, 0.1) is 29.6 Å². The highest BCUT2D eigenvalue weighted by Crippen LogP contribution is 2.57. The van der Waals surface area contributed by atoms with Gasteiger partial charge >= 0.3 is 5.97 Å². The van der Waals surface area contributed by atoms with E-state index < -0.39 is 18.2 Å². The predicted octanol–water partition coefficient (Wildman–Crippen LogP) is 4.46. The normalized spacial score (nSPS) is 33.1. The Morgan fingerprint density at radius 3 is 2.74 bits per heavy atom. The summed E-state index contributed by atoms with van der Waals surface area (Å²) < 4.78 is 6.48. The van der Waals surface area contributed by atoms with E-state index >= 15 is 0 Å². The van der Waals surface area contributed by atoms with Crippen molar-refractivity contribution in [1.29, 1.82) is 0 Å². The van der Waals surface area contributed by atoms with Crippen LogP contribution in [0.1, 0.15) is 90.4 Å². The van der Waals surface area contributed by atoms with Crippen molar-refractivity contribution < 1.29 is 24.9 Å². The van der Waals surface area contributed by atoms with Crippen molar-refractivity contribution in [2.45, 2.75) is 108 Å². The van der Waals surface area contributed by atoms with Gasteiger partial charge in [-0.05, 0) is 62.9 Å². The summed E-state index contributed by atoms with van der Waals surface area (Å²) >= 11 is 0. The Labute approximate surface area is 187 Å². The molecule has 0 aromatic heterocycles. The van der Waals surface area contributed by atoms with Crippen molar-refractivity contribution in [2.75, 3.05) is 6.61 Å². The topological polar surface area (TPSA) is 87.0 Å². The second-order valence-corrected chi connectivity index (χ2v) is 9.68. The quantitative estimate of drug-likeness (QED) is 0.284. The highest BCUT2D eigenvalue weighted by atomic mass is 16.5. The summed E-state index contributed by atoms with van der Waals surface area (Å²) in [6.45, 7) is 2.84. The van der Waals surface area contributed by atoms with E-state index in [0.717, 1.165) is 44.9 Å². The van der Waals surface area contributed by atoms with Gasteiger partial charge in [-0.25, -0.2) is 0 Å². The molecular weight excluding hydrogens is 392 g/mol. The number of carbonyl (C=O) groups is 1. The molecule has 3 N–H and O–H groups in total. The number of aliphatic hydroxyl groups is 2. The van der Waals surface area contributed by atoms with Gasteiger partial charge in [-0.1, -0.05) is 50.5 Å². The van der Waals surface area contributed by atoms with E-state index in [4.69, 9.17) is 9.84 Å². The lowest BCUT2D eigenvalue weighted by molar-refractivity contribution is -0.156. The fourth-order valence-electron chi connectivity index (χ4n) is 5.66. The molecule has 5 nitrogen and oxygen atoms in total. The van der Waals surface area contributed by atoms with Crippen molar-refractivity contribution in [1.82, 2.24) is 0 Å². The Hall–Kier alpha value is -1.35. The van der Waals surface area contributed by atoms with Crippen LogP contribution >= 0.6 is 0 Å². The lowest BCUT2D eigenvalue weighted by Crippen LogP contribution is -2.60. The van der Waals surface area contributed by atoms with Crippen LogP contribution in [0.5, 0.6) is 0 Å². The van der Waals surface area contributed by atoms with Crippen LogP contribution in [0.15, 0.2) is 11.6 Å². The Kier molecular flexibility index (Phi) is 9.01. The van der Waals surface area contributed by atoms with Crippen LogP contribution in [0.25, 0.3) is 0 Å². The Bertz CT molecular complexity index is 684. The zero-order valence-corrected chi connectivity index (χ0v) is 19.0. The smallest absolute Gasteiger partial charge is 0.303 e. The maximum Gasteiger partial charge on any atom is 0.303 e. The van der Waals surface area contributed by atoms with E-state index in [1.807, 2.05) is 0 Å². The number of carboxylic acid groups (broad SMARTS) is 1. The van der Waals surface area contributed by atoms with Crippen molar-refractivity contribution in [3.8, 4) is 11.8 Å². The van der Waals surface area contributed by atoms with Gasteiger partial charge in [0.05, 0.1) is 17.6 Å². The molecule has 0 spiro atoms. The van der Waals surface area contributed by atoms with Gasteiger partial charge < -0.3 is 20.1 Å². The molecule has 0 saturated heterocycles.